The maximum absolute atomic E-state index is 5.74. The molecule has 0 fully saturated rings. The zero-order valence-electron chi connectivity index (χ0n) is 11.3. The van der Waals surface area contributed by atoms with Crippen LogP contribution in [0.4, 0.5) is 0 Å². The Morgan fingerprint density at radius 1 is 1.00 bits per heavy atom. The molecule has 3 nitrogen and oxygen atoms in total. The van der Waals surface area contributed by atoms with Crippen LogP contribution in [-0.4, -0.2) is 5.16 Å². The molecule has 1 aromatic heterocycles. The predicted molar refractivity (Wildman–Crippen MR) is 82.3 cm³/mol. The number of ether oxygens (including phenoxy) is 1. The quantitative estimate of drug-likeness (QED) is 0.643. The van der Waals surface area contributed by atoms with Gasteiger partial charge in [-0.3, -0.25) is 0 Å². The fourth-order valence-electron chi connectivity index (χ4n) is 1.97. The molecule has 4 heteroatoms. The van der Waals surface area contributed by atoms with Gasteiger partial charge in [0.1, 0.15) is 12.4 Å². The number of halogens is 1. The van der Waals surface area contributed by atoms with E-state index in [-0.39, 0.29) is 0 Å². The van der Waals surface area contributed by atoms with Crippen LogP contribution >= 0.6 is 11.6 Å². The summed E-state index contributed by atoms with van der Waals surface area (Å²) in [6.45, 7) is 0.554. The van der Waals surface area contributed by atoms with Crippen molar-refractivity contribution < 1.29 is 9.26 Å². The van der Waals surface area contributed by atoms with Gasteiger partial charge in [0.25, 0.3) is 0 Å². The molecule has 0 bridgehead atoms. The van der Waals surface area contributed by atoms with E-state index < -0.39 is 0 Å². The summed E-state index contributed by atoms with van der Waals surface area (Å²) < 4.78 is 11.0. The molecular weight excluding hydrogens is 286 g/mol. The standard InChI is InChI=1S/C17H14ClNO2/c18-11-15-10-17(21-19-15)14-6-8-16(9-7-14)20-12-13-4-2-1-3-5-13/h1-10H,11-12H2. The molecule has 3 rings (SSSR count). The number of rotatable bonds is 5. The zero-order valence-corrected chi connectivity index (χ0v) is 12.1. The largest absolute Gasteiger partial charge is 0.489 e. The lowest BCUT2D eigenvalue weighted by Crippen LogP contribution is -1.94. The Bertz CT molecular complexity index is 692. The summed E-state index contributed by atoms with van der Waals surface area (Å²) in [5, 5.41) is 3.87. The van der Waals surface area contributed by atoms with E-state index in [0.717, 1.165) is 22.6 Å². The summed E-state index contributed by atoms with van der Waals surface area (Å²) in [6, 6.07) is 19.6. The van der Waals surface area contributed by atoms with Crippen LogP contribution in [0.5, 0.6) is 5.75 Å². The van der Waals surface area contributed by atoms with Gasteiger partial charge < -0.3 is 9.26 Å². The Morgan fingerprint density at radius 2 is 1.76 bits per heavy atom. The fourth-order valence-corrected chi connectivity index (χ4v) is 2.09. The number of alkyl halides is 1. The van der Waals surface area contributed by atoms with Gasteiger partial charge in [-0.15, -0.1) is 11.6 Å². The Balaban J connectivity index is 1.66. The molecule has 0 atom stereocenters. The molecule has 2 aromatic carbocycles. The van der Waals surface area contributed by atoms with Crippen LogP contribution in [0.25, 0.3) is 11.3 Å². The first-order chi connectivity index (χ1) is 10.3. The number of benzene rings is 2. The van der Waals surface area contributed by atoms with Crippen molar-refractivity contribution in [2.24, 2.45) is 0 Å². The lowest BCUT2D eigenvalue weighted by molar-refractivity contribution is 0.306. The highest BCUT2D eigenvalue weighted by Crippen LogP contribution is 2.24. The molecule has 1 heterocycles. The number of aromatic nitrogens is 1. The molecule has 0 aliphatic heterocycles. The SMILES string of the molecule is ClCc1cc(-c2ccc(OCc3ccccc3)cc2)on1. The van der Waals surface area contributed by atoms with E-state index in [1.165, 1.54) is 0 Å². The van der Waals surface area contributed by atoms with Crippen LogP contribution in [0.1, 0.15) is 11.3 Å². The summed E-state index contributed by atoms with van der Waals surface area (Å²) in [5.74, 6) is 1.88. The van der Waals surface area contributed by atoms with Crippen LogP contribution in [-0.2, 0) is 12.5 Å². The molecule has 0 unspecified atom stereocenters. The second kappa shape index (κ2) is 6.46. The number of hydrogen-bond acceptors (Lipinski definition) is 3. The Hall–Kier alpha value is -2.26. The molecule has 106 valence electrons. The Labute approximate surface area is 128 Å². The van der Waals surface area contributed by atoms with Crippen molar-refractivity contribution in [3.05, 3.63) is 71.9 Å². The van der Waals surface area contributed by atoms with Crippen LogP contribution in [0.15, 0.2) is 65.2 Å². The molecule has 0 spiro atoms. The summed E-state index contributed by atoms with van der Waals surface area (Å²) >= 11 is 5.71. The van der Waals surface area contributed by atoms with Gasteiger partial charge in [-0.2, -0.15) is 0 Å². The van der Waals surface area contributed by atoms with E-state index in [1.807, 2.05) is 60.7 Å². The van der Waals surface area contributed by atoms with Crippen molar-refractivity contribution in [2.45, 2.75) is 12.5 Å². The Morgan fingerprint density at radius 3 is 2.43 bits per heavy atom. The smallest absolute Gasteiger partial charge is 0.167 e. The highest BCUT2D eigenvalue weighted by atomic mass is 35.5. The van der Waals surface area contributed by atoms with Crippen molar-refractivity contribution in [1.29, 1.82) is 0 Å². The number of hydrogen-bond donors (Lipinski definition) is 0. The van der Waals surface area contributed by atoms with Crippen LogP contribution in [0, 0.1) is 0 Å². The van der Waals surface area contributed by atoms with Gasteiger partial charge in [0.05, 0.1) is 11.6 Å². The minimum atomic E-state index is 0.349. The third kappa shape index (κ3) is 3.44. The number of nitrogens with zero attached hydrogens (tertiary/aromatic N) is 1. The minimum Gasteiger partial charge on any atom is -0.489 e. The molecule has 0 amide bonds. The first kappa shape index (κ1) is 13.7. The van der Waals surface area contributed by atoms with Gasteiger partial charge in [0, 0.05) is 11.6 Å². The topological polar surface area (TPSA) is 35.3 Å². The molecule has 0 aliphatic carbocycles. The summed E-state index contributed by atoms with van der Waals surface area (Å²) in [6.07, 6.45) is 0. The van der Waals surface area contributed by atoms with Crippen molar-refractivity contribution in [3.63, 3.8) is 0 Å². The van der Waals surface area contributed by atoms with Crippen molar-refractivity contribution in [2.75, 3.05) is 0 Å². The van der Waals surface area contributed by atoms with Gasteiger partial charge in [-0.1, -0.05) is 35.5 Å². The molecular formula is C17H14ClNO2. The van der Waals surface area contributed by atoms with E-state index in [1.54, 1.807) is 0 Å². The van der Waals surface area contributed by atoms with E-state index in [4.69, 9.17) is 20.9 Å². The molecule has 0 saturated heterocycles. The maximum atomic E-state index is 5.74. The van der Waals surface area contributed by atoms with Gasteiger partial charge in [0.2, 0.25) is 0 Å². The molecule has 3 aromatic rings. The molecule has 21 heavy (non-hydrogen) atoms. The van der Waals surface area contributed by atoms with Gasteiger partial charge >= 0.3 is 0 Å². The van der Waals surface area contributed by atoms with E-state index in [2.05, 4.69) is 5.16 Å². The average molecular weight is 300 g/mol. The van der Waals surface area contributed by atoms with Gasteiger partial charge in [0.15, 0.2) is 5.76 Å². The second-order valence-corrected chi connectivity index (χ2v) is 4.88. The highest BCUT2D eigenvalue weighted by Gasteiger charge is 2.06. The van der Waals surface area contributed by atoms with E-state index in [9.17, 15) is 0 Å². The maximum Gasteiger partial charge on any atom is 0.167 e. The molecule has 0 saturated carbocycles. The monoisotopic (exact) mass is 299 g/mol. The van der Waals surface area contributed by atoms with Gasteiger partial charge in [-0.25, -0.2) is 0 Å². The van der Waals surface area contributed by atoms with Crippen LogP contribution in [0.3, 0.4) is 0 Å². The lowest BCUT2D eigenvalue weighted by Gasteiger charge is -2.06. The van der Waals surface area contributed by atoms with Gasteiger partial charge in [-0.05, 0) is 29.8 Å². The molecule has 0 N–H and O–H groups in total. The first-order valence-electron chi connectivity index (χ1n) is 6.64. The lowest BCUT2D eigenvalue weighted by atomic mass is 10.1. The second-order valence-electron chi connectivity index (χ2n) is 4.61. The molecule has 0 aliphatic rings. The zero-order chi connectivity index (χ0) is 14.5. The fraction of sp³-hybridized carbons (Fsp3) is 0.118. The van der Waals surface area contributed by atoms with Crippen molar-refractivity contribution >= 4 is 11.6 Å². The molecule has 0 radical (unpaired) electrons. The van der Waals surface area contributed by atoms with Crippen molar-refractivity contribution in [1.82, 2.24) is 5.16 Å². The van der Waals surface area contributed by atoms with Crippen LogP contribution in [0.2, 0.25) is 0 Å². The van der Waals surface area contributed by atoms with E-state index >= 15 is 0 Å². The van der Waals surface area contributed by atoms with Crippen LogP contribution < -0.4 is 4.74 Å². The third-order valence-corrected chi connectivity index (χ3v) is 3.36. The summed E-state index contributed by atoms with van der Waals surface area (Å²) in [4.78, 5) is 0. The average Bonchev–Trinajstić information content (AvgIpc) is 3.03. The summed E-state index contributed by atoms with van der Waals surface area (Å²) in [5.41, 5.74) is 2.82. The normalized spacial score (nSPS) is 10.5. The highest BCUT2D eigenvalue weighted by molar-refractivity contribution is 6.16. The Kier molecular flexibility index (Phi) is 4.22. The van der Waals surface area contributed by atoms with E-state index in [0.29, 0.717) is 18.2 Å². The summed E-state index contributed by atoms with van der Waals surface area (Å²) in [7, 11) is 0. The minimum absolute atomic E-state index is 0.349. The predicted octanol–water partition coefficient (Wildman–Crippen LogP) is 4.66. The third-order valence-electron chi connectivity index (χ3n) is 3.08. The van der Waals surface area contributed by atoms with Crippen molar-refractivity contribution in [3.8, 4) is 17.1 Å². The first-order valence-corrected chi connectivity index (χ1v) is 7.17.